The van der Waals surface area contributed by atoms with Gasteiger partial charge in [0.15, 0.2) is 0 Å². The second-order valence-corrected chi connectivity index (χ2v) is 5.60. The lowest BCUT2D eigenvalue weighted by Gasteiger charge is -2.37. The van der Waals surface area contributed by atoms with Crippen molar-refractivity contribution in [3.63, 3.8) is 0 Å². The standard InChI is InChI=1S/C16H24N2O2/c1-12-6-7-14(10-17)11-18(12)16(19)9-13-4-3-5-15(8-13)20-2/h3-5,8,12,14H,6-7,9-11,17H2,1-2H3. The largest absolute Gasteiger partial charge is 0.497 e. The lowest BCUT2D eigenvalue weighted by atomic mass is 9.93. The number of carbonyl (C=O) groups is 1. The third kappa shape index (κ3) is 3.51. The Hall–Kier alpha value is -1.55. The molecule has 2 atom stereocenters. The first-order chi connectivity index (χ1) is 9.63. The topological polar surface area (TPSA) is 55.6 Å². The normalized spacial score (nSPS) is 22.6. The van der Waals surface area contributed by atoms with E-state index in [1.54, 1.807) is 7.11 Å². The van der Waals surface area contributed by atoms with Crippen molar-refractivity contribution in [2.75, 3.05) is 20.2 Å². The molecule has 2 rings (SSSR count). The van der Waals surface area contributed by atoms with Gasteiger partial charge in [-0.2, -0.15) is 0 Å². The maximum atomic E-state index is 12.5. The molecule has 1 aliphatic rings. The van der Waals surface area contributed by atoms with Crippen molar-refractivity contribution in [1.82, 2.24) is 4.90 Å². The van der Waals surface area contributed by atoms with Crippen molar-refractivity contribution in [3.8, 4) is 5.75 Å². The molecule has 1 fully saturated rings. The monoisotopic (exact) mass is 276 g/mol. The number of rotatable bonds is 4. The lowest BCUT2D eigenvalue weighted by Crippen LogP contribution is -2.47. The summed E-state index contributed by atoms with van der Waals surface area (Å²) < 4.78 is 5.20. The fraction of sp³-hybridized carbons (Fsp3) is 0.562. The van der Waals surface area contributed by atoms with Crippen LogP contribution in [0.15, 0.2) is 24.3 Å². The second-order valence-electron chi connectivity index (χ2n) is 5.60. The number of benzene rings is 1. The average Bonchev–Trinajstić information content (AvgIpc) is 2.47. The molecule has 110 valence electrons. The van der Waals surface area contributed by atoms with Crippen molar-refractivity contribution < 1.29 is 9.53 Å². The zero-order valence-electron chi connectivity index (χ0n) is 12.3. The highest BCUT2D eigenvalue weighted by Crippen LogP contribution is 2.22. The van der Waals surface area contributed by atoms with Gasteiger partial charge in [-0.15, -0.1) is 0 Å². The van der Waals surface area contributed by atoms with Gasteiger partial charge in [-0.25, -0.2) is 0 Å². The molecule has 1 amide bonds. The molecule has 0 saturated carbocycles. The molecule has 0 aromatic heterocycles. The molecule has 20 heavy (non-hydrogen) atoms. The van der Waals surface area contributed by atoms with Crippen LogP contribution in [0.4, 0.5) is 0 Å². The number of likely N-dealkylation sites (tertiary alicyclic amines) is 1. The molecule has 0 spiro atoms. The molecular weight excluding hydrogens is 252 g/mol. The lowest BCUT2D eigenvalue weighted by molar-refractivity contribution is -0.134. The maximum Gasteiger partial charge on any atom is 0.227 e. The van der Waals surface area contributed by atoms with E-state index in [4.69, 9.17) is 10.5 Å². The van der Waals surface area contributed by atoms with Crippen LogP contribution >= 0.6 is 0 Å². The van der Waals surface area contributed by atoms with Crippen LogP contribution in [0, 0.1) is 5.92 Å². The quantitative estimate of drug-likeness (QED) is 0.912. The van der Waals surface area contributed by atoms with E-state index in [1.807, 2.05) is 29.2 Å². The van der Waals surface area contributed by atoms with E-state index in [1.165, 1.54) is 0 Å². The zero-order valence-corrected chi connectivity index (χ0v) is 12.3. The van der Waals surface area contributed by atoms with E-state index >= 15 is 0 Å². The molecule has 1 aromatic rings. The Morgan fingerprint density at radius 2 is 2.25 bits per heavy atom. The van der Waals surface area contributed by atoms with Gasteiger partial charge < -0.3 is 15.4 Å². The minimum absolute atomic E-state index is 0.184. The van der Waals surface area contributed by atoms with Gasteiger partial charge in [-0.3, -0.25) is 4.79 Å². The highest BCUT2D eigenvalue weighted by molar-refractivity contribution is 5.79. The Balaban J connectivity index is 2.02. The average molecular weight is 276 g/mol. The molecule has 0 bridgehead atoms. The summed E-state index contributed by atoms with van der Waals surface area (Å²) in [5, 5.41) is 0. The van der Waals surface area contributed by atoms with Crippen LogP contribution in [0.25, 0.3) is 0 Å². The number of hydrogen-bond acceptors (Lipinski definition) is 3. The summed E-state index contributed by atoms with van der Waals surface area (Å²) in [4.78, 5) is 14.5. The smallest absolute Gasteiger partial charge is 0.227 e. The molecule has 0 radical (unpaired) electrons. The number of nitrogens with zero attached hydrogens (tertiary/aromatic N) is 1. The van der Waals surface area contributed by atoms with Gasteiger partial charge in [0.25, 0.3) is 0 Å². The van der Waals surface area contributed by atoms with Crippen LogP contribution in [-0.4, -0.2) is 37.0 Å². The van der Waals surface area contributed by atoms with Crippen LogP contribution < -0.4 is 10.5 Å². The fourth-order valence-corrected chi connectivity index (χ4v) is 2.78. The molecular formula is C16H24N2O2. The first-order valence-corrected chi connectivity index (χ1v) is 7.26. The van der Waals surface area contributed by atoms with Gasteiger partial charge in [-0.1, -0.05) is 12.1 Å². The van der Waals surface area contributed by atoms with Gasteiger partial charge >= 0.3 is 0 Å². The first-order valence-electron chi connectivity index (χ1n) is 7.26. The highest BCUT2D eigenvalue weighted by Gasteiger charge is 2.28. The third-order valence-electron chi connectivity index (χ3n) is 4.12. The van der Waals surface area contributed by atoms with E-state index in [0.29, 0.717) is 24.9 Å². The summed E-state index contributed by atoms with van der Waals surface area (Å²) in [5.74, 6) is 1.42. The van der Waals surface area contributed by atoms with Gasteiger partial charge in [0.05, 0.1) is 13.5 Å². The SMILES string of the molecule is COc1cccc(CC(=O)N2CC(CN)CCC2C)c1. The Morgan fingerprint density at radius 3 is 2.95 bits per heavy atom. The number of ether oxygens (including phenoxy) is 1. The van der Waals surface area contributed by atoms with E-state index in [2.05, 4.69) is 6.92 Å². The molecule has 4 nitrogen and oxygen atoms in total. The van der Waals surface area contributed by atoms with Crippen molar-refractivity contribution in [3.05, 3.63) is 29.8 Å². The van der Waals surface area contributed by atoms with Crippen LogP contribution in [-0.2, 0) is 11.2 Å². The number of nitrogens with two attached hydrogens (primary N) is 1. The highest BCUT2D eigenvalue weighted by atomic mass is 16.5. The van der Waals surface area contributed by atoms with Gasteiger partial charge in [-0.05, 0) is 49.9 Å². The third-order valence-corrected chi connectivity index (χ3v) is 4.12. The van der Waals surface area contributed by atoms with Crippen molar-refractivity contribution >= 4 is 5.91 Å². The molecule has 0 aliphatic carbocycles. The van der Waals surface area contributed by atoms with Crippen molar-refractivity contribution in [2.24, 2.45) is 11.7 Å². The van der Waals surface area contributed by atoms with E-state index < -0.39 is 0 Å². The van der Waals surface area contributed by atoms with E-state index in [9.17, 15) is 4.79 Å². The second kappa shape index (κ2) is 6.75. The fourth-order valence-electron chi connectivity index (χ4n) is 2.78. The van der Waals surface area contributed by atoms with Gasteiger partial charge in [0.1, 0.15) is 5.75 Å². The predicted octanol–water partition coefficient (Wildman–Crippen LogP) is 1.82. The number of carbonyl (C=O) groups excluding carboxylic acids is 1. The predicted molar refractivity (Wildman–Crippen MR) is 79.7 cm³/mol. The van der Waals surface area contributed by atoms with Gasteiger partial charge in [0, 0.05) is 12.6 Å². The number of methoxy groups -OCH3 is 1. The molecule has 1 saturated heterocycles. The van der Waals surface area contributed by atoms with Crippen LogP contribution in [0.5, 0.6) is 5.75 Å². The van der Waals surface area contributed by atoms with Crippen molar-refractivity contribution in [1.29, 1.82) is 0 Å². The summed E-state index contributed by atoms with van der Waals surface area (Å²) in [6.07, 6.45) is 2.60. The number of hydrogen-bond donors (Lipinski definition) is 1. The minimum atomic E-state index is 0.184. The Kier molecular flexibility index (Phi) is 5.01. The Bertz CT molecular complexity index is 462. The minimum Gasteiger partial charge on any atom is -0.497 e. The van der Waals surface area contributed by atoms with E-state index in [-0.39, 0.29) is 5.91 Å². The molecule has 1 aliphatic heterocycles. The number of piperidine rings is 1. The summed E-state index contributed by atoms with van der Waals surface area (Å²) >= 11 is 0. The van der Waals surface area contributed by atoms with Gasteiger partial charge in [0.2, 0.25) is 5.91 Å². The van der Waals surface area contributed by atoms with Crippen LogP contribution in [0.2, 0.25) is 0 Å². The summed E-state index contributed by atoms with van der Waals surface area (Å²) in [5.41, 5.74) is 6.74. The molecule has 1 heterocycles. The van der Waals surface area contributed by atoms with Crippen molar-refractivity contribution in [2.45, 2.75) is 32.2 Å². The van der Waals surface area contributed by atoms with Crippen LogP contribution in [0.1, 0.15) is 25.3 Å². The summed E-state index contributed by atoms with van der Waals surface area (Å²) in [7, 11) is 1.64. The van der Waals surface area contributed by atoms with E-state index in [0.717, 1.165) is 30.7 Å². The molecule has 1 aromatic carbocycles. The summed E-state index contributed by atoms with van der Waals surface area (Å²) in [6.45, 7) is 3.58. The summed E-state index contributed by atoms with van der Waals surface area (Å²) in [6, 6.07) is 8.02. The molecule has 4 heteroatoms. The maximum absolute atomic E-state index is 12.5. The van der Waals surface area contributed by atoms with Crippen LogP contribution in [0.3, 0.4) is 0 Å². The zero-order chi connectivity index (χ0) is 14.5. The first kappa shape index (κ1) is 14.9. The Morgan fingerprint density at radius 1 is 1.45 bits per heavy atom. The molecule has 2 N–H and O–H groups in total. The number of amides is 1. The molecule has 2 unspecified atom stereocenters. The Labute approximate surface area is 120 Å².